The summed E-state index contributed by atoms with van der Waals surface area (Å²) in [5, 5.41) is 17.0. The fraction of sp³-hybridized carbons (Fsp3) is 0.500. The predicted octanol–water partition coefficient (Wildman–Crippen LogP) is 1.48. The number of nitro benzene ring substituents is 1. The van der Waals surface area contributed by atoms with E-state index in [2.05, 4.69) is 10.6 Å². The van der Waals surface area contributed by atoms with Crippen molar-refractivity contribution in [3.8, 4) is 5.75 Å². The molecule has 2 N–H and O–H groups in total. The molecule has 0 aromatic heterocycles. The first-order valence-corrected chi connectivity index (χ1v) is 7.05. The van der Waals surface area contributed by atoms with E-state index in [4.69, 9.17) is 4.74 Å². The number of nitro groups is 1. The zero-order chi connectivity index (χ0) is 15.2. The highest BCUT2D eigenvalue weighted by Crippen LogP contribution is 2.30. The minimum atomic E-state index is -0.545. The second-order valence-electron chi connectivity index (χ2n) is 4.83. The van der Waals surface area contributed by atoms with Gasteiger partial charge in [-0.2, -0.15) is 0 Å². The topological polar surface area (TPSA) is 93.5 Å². The highest BCUT2D eigenvalue weighted by Gasteiger charge is 2.23. The average Bonchev–Trinajstić information content (AvgIpc) is 3.28. The molecule has 1 saturated carbocycles. The number of nitrogens with zero attached hydrogens (tertiary/aromatic N) is 1. The number of para-hydroxylation sites is 1. The Morgan fingerprint density at radius 1 is 1.43 bits per heavy atom. The summed E-state index contributed by atoms with van der Waals surface area (Å²) >= 11 is 0. The van der Waals surface area contributed by atoms with E-state index in [1.54, 1.807) is 6.92 Å². The van der Waals surface area contributed by atoms with Gasteiger partial charge in [0.05, 0.1) is 17.1 Å². The van der Waals surface area contributed by atoms with Crippen LogP contribution >= 0.6 is 0 Å². The molecule has 1 aromatic rings. The van der Waals surface area contributed by atoms with Crippen LogP contribution in [0.15, 0.2) is 18.2 Å². The summed E-state index contributed by atoms with van der Waals surface area (Å²) in [5.74, 6) is -0.336. The summed E-state index contributed by atoms with van der Waals surface area (Å²) in [4.78, 5) is 22.6. The predicted molar refractivity (Wildman–Crippen MR) is 77.6 cm³/mol. The number of nitrogens with one attached hydrogen (secondary N) is 2. The normalized spacial score (nSPS) is 13.8. The van der Waals surface area contributed by atoms with Gasteiger partial charge in [-0.3, -0.25) is 14.9 Å². The first kappa shape index (κ1) is 15.2. The Morgan fingerprint density at radius 2 is 2.19 bits per heavy atom. The standard InChI is InChI=1S/C14H19N3O4/c1-2-21-13-11(4-3-5-12(13)17(19)20)14(18)16-9-8-15-10-6-7-10/h3-5,10,15H,2,6-9H2,1H3,(H,16,18). The third kappa shape index (κ3) is 4.16. The summed E-state index contributed by atoms with van der Waals surface area (Å²) in [6.45, 7) is 3.14. The van der Waals surface area contributed by atoms with E-state index in [0.717, 1.165) is 0 Å². The molecule has 7 nitrogen and oxygen atoms in total. The Bertz CT molecular complexity index is 529. The van der Waals surface area contributed by atoms with Crippen LogP contribution in [-0.2, 0) is 0 Å². The maximum Gasteiger partial charge on any atom is 0.311 e. The molecule has 1 aliphatic rings. The van der Waals surface area contributed by atoms with Gasteiger partial charge in [-0.15, -0.1) is 0 Å². The Labute approximate surface area is 122 Å². The van der Waals surface area contributed by atoms with Crippen molar-refractivity contribution in [2.24, 2.45) is 0 Å². The highest BCUT2D eigenvalue weighted by atomic mass is 16.6. The van der Waals surface area contributed by atoms with E-state index in [0.29, 0.717) is 19.1 Å². The SMILES string of the molecule is CCOc1c(C(=O)NCCNC2CC2)cccc1[N+](=O)[O-]. The fourth-order valence-electron chi connectivity index (χ4n) is 1.98. The minimum absolute atomic E-state index is 0.0256. The lowest BCUT2D eigenvalue weighted by Crippen LogP contribution is -2.32. The lowest BCUT2D eigenvalue weighted by Gasteiger charge is -2.11. The summed E-state index contributed by atoms with van der Waals surface area (Å²) in [5.41, 5.74) is -0.00178. The van der Waals surface area contributed by atoms with Crippen molar-refractivity contribution >= 4 is 11.6 Å². The fourth-order valence-corrected chi connectivity index (χ4v) is 1.98. The third-order valence-corrected chi connectivity index (χ3v) is 3.15. The number of hydrogen-bond donors (Lipinski definition) is 2. The molecule has 0 bridgehead atoms. The van der Waals surface area contributed by atoms with Gasteiger partial charge >= 0.3 is 5.69 Å². The molecule has 0 radical (unpaired) electrons. The number of benzene rings is 1. The van der Waals surface area contributed by atoms with Crippen LogP contribution in [0.4, 0.5) is 5.69 Å². The number of amides is 1. The van der Waals surface area contributed by atoms with Crippen molar-refractivity contribution in [2.75, 3.05) is 19.7 Å². The second kappa shape index (κ2) is 7.03. The largest absolute Gasteiger partial charge is 0.487 e. The number of rotatable bonds is 8. The summed E-state index contributed by atoms with van der Waals surface area (Å²) in [7, 11) is 0. The average molecular weight is 293 g/mol. The van der Waals surface area contributed by atoms with Crippen molar-refractivity contribution in [3.05, 3.63) is 33.9 Å². The van der Waals surface area contributed by atoms with Crippen molar-refractivity contribution < 1.29 is 14.5 Å². The van der Waals surface area contributed by atoms with Gasteiger partial charge in [0.2, 0.25) is 5.75 Å². The van der Waals surface area contributed by atoms with Crippen molar-refractivity contribution in [3.63, 3.8) is 0 Å². The van der Waals surface area contributed by atoms with E-state index in [1.165, 1.54) is 31.0 Å². The molecule has 1 aliphatic carbocycles. The van der Waals surface area contributed by atoms with Crippen LogP contribution in [-0.4, -0.2) is 36.6 Å². The smallest absolute Gasteiger partial charge is 0.311 e. The monoisotopic (exact) mass is 293 g/mol. The molecular weight excluding hydrogens is 274 g/mol. The number of ether oxygens (including phenoxy) is 1. The van der Waals surface area contributed by atoms with Crippen LogP contribution < -0.4 is 15.4 Å². The Morgan fingerprint density at radius 3 is 2.81 bits per heavy atom. The molecule has 0 unspecified atom stereocenters. The molecule has 1 fully saturated rings. The van der Waals surface area contributed by atoms with E-state index in [-0.39, 0.29) is 29.5 Å². The Hall–Kier alpha value is -2.15. The molecule has 21 heavy (non-hydrogen) atoms. The zero-order valence-corrected chi connectivity index (χ0v) is 11.9. The quantitative estimate of drug-likeness (QED) is 0.430. The van der Waals surface area contributed by atoms with Crippen LogP contribution in [0.5, 0.6) is 5.75 Å². The summed E-state index contributed by atoms with van der Waals surface area (Å²) in [6, 6.07) is 4.93. The van der Waals surface area contributed by atoms with Gasteiger partial charge in [0.15, 0.2) is 0 Å². The van der Waals surface area contributed by atoms with Crippen LogP contribution in [0.3, 0.4) is 0 Å². The van der Waals surface area contributed by atoms with E-state index < -0.39 is 4.92 Å². The number of carbonyl (C=O) groups is 1. The molecule has 1 aromatic carbocycles. The Kier molecular flexibility index (Phi) is 5.10. The first-order chi connectivity index (χ1) is 10.1. The molecular formula is C14H19N3O4. The molecule has 0 aliphatic heterocycles. The molecule has 0 spiro atoms. The van der Waals surface area contributed by atoms with Crippen LogP contribution in [0.1, 0.15) is 30.1 Å². The lowest BCUT2D eigenvalue weighted by atomic mass is 10.1. The molecule has 1 amide bonds. The van der Waals surface area contributed by atoms with E-state index >= 15 is 0 Å². The van der Waals surface area contributed by atoms with Gasteiger partial charge in [0.25, 0.3) is 5.91 Å². The van der Waals surface area contributed by atoms with Gasteiger partial charge in [0.1, 0.15) is 0 Å². The van der Waals surface area contributed by atoms with E-state index in [9.17, 15) is 14.9 Å². The molecule has 0 heterocycles. The van der Waals surface area contributed by atoms with Crippen LogP contribution in [0.25, 0.3) is 0 Å². The summed E-state index contributed by atoms with van der Waals surface area (Å²) in [6.07, 6.45) is 2.38. The van der Waals surface area contributed by atoms with E-state index in [1.807, 2.05) is 0 Å². The molecule has 0 saturated heterocycles. The first-order valence-electron chi connectivity index (χ1n) is 7.05. The molecule has 0 atom stereocenters. The second-order valence-corrected chi connectivity index (χ2v) is 4.83. The number of hydrogen-bond acceptors (Lipinski definition) is 5. The molecule has 7 heteroatoms. The van der Waals surface area contributed by atoms with Gasteiger partial charge in [-0.1, -0.05) is 6.07 Å². The maximum atomic E-state index is 12.1. The van der Waals surface area contributed by atoms with Gasteiger partial charge in [-0.25, -0.2) is 0 Å². The maximum absolute atomic E-state index is 12.1. The summed E-state index contributed by atoms with van der Waals surface area (Å²) < 4.78 is 5.29. The number of carbonyl (C=O) groups excluding carboxylic acids is 1. The van der Waals surface area contributed by atoms with Crippen molar-refractivity contribution in [1.82, 2.24) is 10.6 Å². The third-order valence-electron chi connectivity index (χ3n) is 3.15. The van der Waals surface area contributed by atoms with Crippen molar-refractivity contribution in [1.29, 1.82) is 0 Å². The van der Waals surface area contributed by atoms with Gasteiger partial charge in [0, 0.05) is 25.2 Å². The molecule has 2 rings (SSSR count). The lowest BCUT2D eigenvalue weighted by molar-refractivity contribution is -0.385. The Balaban J connectivity index is 2.03. The van der Waals surface area contributed by atoms with Crippen LogP contribution in [0.2, 0.25) is 0 Å². The highest BCUT2D eigenvalue weighted by molar-refractivity contribution is 5.98. The zero-order valence-electron chi connectivity index (χ0n) is 11.9. The van der Waals surface area contributed by atoms with Gasteiger partial charge < -0.3 is 15.4 Å². The minimum Gasteiger partial charge on any atom is -0.487 e. The van der Waals surface area contributed by atoms with Crippen molar-refractivity contribution in [2.45, 2.75) is 25.8 Å². The van der Waals surface area contributed by atoms with Gasteiger partial charge in [-0.05, 0) is 25.8 Å². The van der Waals surface area contributed by atoms with Crippen LogP contribution in [0, 0.1) is 10.1 Å². The molecule has 114 valence electrons.